The molecule has 1 fully saturated rings. The smallest absolute Gasteiger partial charge is 0.288 e. The summed E-state index contributed by atoms with van der Waals surface area (Å²) in [6, 6.07) is 15.3. The molecule has 0 spiro atoms. The fraction of sp³-hybridized carbons (Fsp3) is 0.391. The Hall–Kier alpha value is -2.33. The molecule has 32 heavy (non-hydrogen) atoms. The fourth-order valence-corrected chi connectivity index (χ4v) is 6.16. The van der Waals surface area contributed by atoms with Gasteiger partial charge in [-0.3, -0.25) is 4.90 Å². The molecule has 3 heterocycles. The number of hydrogen-bond donors (Lipinski definition) is 0. The molecule has 0 amide bonds. The van der Waals surface area contributed by atoms with Gasteiger partial charge in [0.15, 0.2) is 0 Å². The number of piperidine rings is 1. The Morgan fingerprint density at radius 3 is 2.56 bits per heavy atom. The summed E-state index contributed by atoms with van der Waals surface area (Å²) in [6.07, 6.45) is 3.87. The van der Waals surface area contributed by atoms with Gasteiger partial charge in [-0.1, -0.05) is 36.8 Å². The first-order valence-electron chi connectivity index (χ1n) is 11.0. The lowest BCUT2D eigenvalue weighted by molar-refractivity contribution is 0.186. The van der Waals surface area contributed by atoms with Crippen molar-refractivity contribution < 1.29 is 12.8 Å². The second-order valence-corrected chi connectivity index (χ2v) is 10.7. The van der Waals surface area contributed by atoms with E-state index in [0.29, 0.717) is 31.2 Å². The fourth-order valence-electron chi connectivity index (χ4n) is 4.42. The number of benzene rings is 2. The van der Waals surface area contributed by atoms with Crippen molar-refractivity contribution in [3.05, 3.63) is 64.5 Å². The molecule has 0 unspecified atom stereocenters. The van der Waals surface area contributed by atoms with Crippen LogP contribution < -0.4 is 0 Å². The van der Waals surface area contributed by atoms with Crippen LogP contribution in [0.1, 0.15) is 30.4 Å². The molecule has 0 atom stereocenters. The van der Waals surface area contributed by atoms with E-state index in [2.05, 4.69) is 34.3 Å². The van der Waals surface area contributed by atoms with E-state index in [1.807, 2.05) is 0 Å². The Bertz CT molecular complexity index is 1280. The van der Waals surface area contributed by atoms with Gasteiger partial charge in [0.05, 0.1) is 11.6 Å². The third kappa shape index (κ3) is 4.30. The highest BCUT2D eigenvalue weighted by molar-refractivity contribution is 7.89. The van der Waals surface area contributed by atoms with Crippen molar-refractivity contribution >= 4 is 22.2 Å². The van der Waals surface area contributed by atoms with E-state index in [1.54, 1.807) is 33.3 Å². The van der Waals surface area contributed by atoms with Gasteiger partial charge in [0, 0.05) is 31.7 Å². The first-order chi connectivity index (χ1) is 15.5. The molecule has 2 aromatic carbocycles. The number of aromatic nitrogens is 2. The molecule has 0 bridgehead atoms. The van der Waals surface area contributed by atoms with Crippen LogP contribution in [0.15, 0.2) is 57.8 Å². The van der Waals surface area contributed by atoms with Gasteiger partial charge in [-0.25, -0.2) is 13.1 Å². The van der Waals surface area contributed by atoms with Crippen molar-refractivity contribution in [2.75, 3.05) is 19.6 Å². The monoisotopic (exact) mass is 470 g/mol. The molecule has 7 nitrogen and oxygen atoms in total. The largest absolute Gasteiger partial charge is 0.409 e. The quantitative estimate of drug-likeness (QED) is 0.524. The van der Waals surface area contributed by atoms with E-state index in [0.717, 1.165) is 38.8 Å². The Balaban J connectivity index is 1.36. The summed E-state index contributed by atoms with van der Waals surface area (Å²) in [5, 5.41) is 4.56. The van der Waals surface area contributed by atoms with Crippen LogP contribution >= 0.6 is 12.2 Å². The zero-order valence-electron chi connectivity index (χ0n) is 17.8. The van der Waals surface area contributed by atoms with Gasteiger partial charge in [0.2, 0.25) is 15.9 Å². The molecule has 0 aliphatic carbocycles. The molecule has 0 N–H and O–H groups in total. The van der Waals surface area contributed by atoms with Crippen LogP contribution in [0.25, 0.3) is 11.5 Å². The predicted octanol–water partition coefficient (Wildman–Crippen LogP) is 4.06. The topological polar surface area (TPSA) is 71.6 Å². The van der Waals surface area contributed by atoms with Gasteiger partial charge in [0.25, 0.3) is 4.84 Å². The molecule has 2 aliphatic rings. The Morgan fingerprint density at radius 2 is 1.75 bits per heavy atom. The lowest BCUT2D eigenvalue weighted by Crippen LogP contribution is -2.35. The third-order valence-corrected chi connectivity index (χ3v) is 8.37. The highest BCUT2D eigenvalue weighted by Crippen LogP contribution is 2.26. The first-order valence-corrected chi connectivity index (χ1v) is 12.8. The van der Waals surface area contributed by atoms with Gasteiger partial charge in [-0.2, -0.15) is 4.31 Å². The maximum atomic E-state index is 13.0. The lowest BCUT2D eigenvalue weighted by Gasteiger charge is -2.28. The summed E-state index contributed by atoms with van der Waals surface area (Å²) < 4.78 is 35.1. The summed E-state index contributed by atoms with van der Waals surface area (Å²) in [5.41, 5.74) is 3.32. The maximum absolute atomic E-state index is 13.0. The van der Waals surface area contributed by atoms with Crippen LogP contribution in [0.2, 0.25) is 0 Å². The van der Waals surface area contributed by atoms with Crippen molar-refractivity contribution in [1.82, 2.24) is 19.0 Å². The van der Waals surface area contributed by atoms with Crippen molar-refractivity contribution in [2.24, 2.45) is 0 Å². The molecule has 0 saturated carbocycles. The van der Waals surface area contributed by atoms with Gasteiger partial charge in [0.1, 0.15) is 0 Å². The predicted molar refractivity (Wildman–Crippen MR) is 124 cm³/mol. The summed E-state index contributed by atoms with van der Waals surface area (Å²) in [4.78, 5) is 2.82. The Kier molecular flexibility index (Phi) is 5.98. The Labute approximate surface area is 193 Å². The van der Waals surface area contributed by atoms with E-state index >= 15 is 0 Å². The molecule has 9 heteroatoms. The van der Waals surface area contributed by atoms with Crippen LogP contribution in [-0.4, -0.2) is 47.0 Å². The molecule has 168 valence electrons. The van der Waals surface area contributed by atoms with Gasteiger partial charge in [-0.15, -0.1) is 5.10 Å². The van der Waals surface area contributed by atoms with Crippen molar-refractivity contribution in [1.29, 1.82) is 0 Å². The van der Waals surface area contributed by atoms with Gasteiger partial charge in [-0.05, 0) is 60.8 Å². The first kappa shape index (κ1) is 21.5. The molecule has 1 aromatic heterocycles. The summed E-state index contributed by atoms with van der Waals surface area (Å²) in [6.45, 7) is 3.43. The average molecular weight is 471 g/mol. The van der Waals surface area contributed by atoms with Crippen LogP contribution in [0.3, 0.4) is 0 Å². The molecular weight excluding hydrogens is 444 g/mol. The van der Waals surface area contributed by atoms with E-state index in [4.69, 9.17) is 16.6 Å². The van der Waals surface area contributed by atoms with Crippen LogP contribution in [0.4, 0.5) is 0 Å². The number of fused-ring (bicyclic) bond motifs is 1. The van der Waals surface area contributed by atoms with Gasteiger partial charge >= 0.3 is 0 Å². The minimum Gasteiger partial charge on any atom is -0.409 e. The highest BCUT2D eigenvalue weighted by atomic mass is 32.2. The van der Waals surface area contributed by atoms with E-state index in [1.165, 1.54) is 11.1 Å². The number of nitrogens with zero attached hydrogens (tertiary/aromatic N) is 4. The molecule has 1 saturated heterocycles. The van der Waals surface area contributed by atoms with Crippen LogP contribution in [0, 0.1) is 4.84 Å². The van der Waals surface area contributed by atoms with Crippen molar-refractivity contribution in [3.8, 4) is 11.5 Å². The molecule has 2 aliphatic heterocycles. The highest BCUT2D eigenvalue weighted by Gasteiger charge is 2.26. The molecule has 0 radical (unpaired) electrons. The molecule has 3 aromatic rings. The number of hydrogen-bond acceptors (Lipinski definition) is 6. The number of sulfonamides is 1. The lowest BCUT2D eigenvalue weighted by atomic mass is 10.0. The molecule has 5 rings (SSSR count). The zero-order chi connectivity index (χ0) is 22.1. The second-order valence-electron chi connectivity index (χ2n) is 8.38. The van der Waals surface area contributed by atoms with E-state index in [9.17, 15) is 8.42 Å². The molecular formula is C23H26N4O3S2. The minimum absolute atomic E-state index is 0.264. The maximum Gasteiger partial charge on any atom is 0.288 e. The summed E-state index contributed by atoms with van der Waals surface area (Å²) >= 11 is 5.41. The van der Waals surface area contributed by atoms with E-state index < -0.39 is 10.0 Å². The minimum atomic E-state index is -3.52. The van der Waals surface area contributed by atoms with Crippen molar-refractivity contribution in [3.63, 3.8) is 0 Å². The standard InChI is InChI=1S/C23H26N4O3S2/c28-32(29,26-12-4-1-5-13-26)21-10-6-9-19(15-21)22-24-27(23(31)30-22)17-25-14-11-18-7-2-3-8-20(18)16-25/h2-3,6-10,15H,1,4-5,11-14,16-17H2. The second kappa shape index (κ2) is 8.90. The summed E-state index contributed by atoms with van der Waals surface area (Å²) in [5.74, 6) is 0.336. The summed E-state index contributed by atoms with van der Waals surface area (Å²) in [7, 11) is -3.52. The average Bonchev–Trinajstić information content (AvgIpc) is 3.20. The SMILES string of the molecule is O=S(=O)(c1cccc(-c2nn(CN3CCc4ccccc4C3)c(=S)o2)c1)N1CCCCC1. The normalized spacial score (nSPS) is 17.9. The third-order valence-electron chi connectivity index (χ3n) is 6.18. The van der Waals surface area contributed by atoms with Crippen LogP contribution in [-0.2, 0) is 29.7 Å². The Morgan fingerprint density at radius 1 is 0.969 bits per heavy atom. The van der Waals surface area contributed by atoms with E-state index in [-0.39, 0.29) is 9.73 Å². The zero-order valence-corrected chi connectivity index (χ0v) is 19.4. The van der Waals surface area contributed by atoms with Gasteiger partial charge < -0.3 is 4.42 Å². The van der Waals surface area contributed by atoms with Crippen LogP contribution in [0.5, 0.6) is 0 Å². The van der Waals surface area contributed by atoms with Crippen molar-refractivity contribution in [2.45, 2.75) is 43.8 Å². The number of rotatable bonds is 5.